The second kappa shape index (κ2) is 7.21. The van der Waals surface area contributed by atoms with Crippen LogP contribution in [0, 0.1) is 24.4 Å². The first-order valence-corrected chi connectivity index (χ1v) is 7.40. The molecule has 0 aliphatic rings. The van der Waals surface area contributed by atoms with Gasteiger partial charge in [-0.2, -0.15) is 0 Å². The molecule has 3 aromatic rings. The van der Waals surface area contributed by atoms with Crippen LogP contribution in [-0.2, 0) is 0 Å². The molecule has 2 aromatic carbocycles. The minimum Gasteiger partial charge on any atom is -0.464 e. The maximum Gasteiger partial charge on any atom is 0.194 e. The number of hydrogen-bond acceptors (Lipinski definition) is 3. The highest BCUT2D eigenvalue weighted by molar-refractivity contribution is 5.92. The molecule has 0 fully saturated rings. The number of benzene rings is 2. The van der Waals surface area contributed by atoms with Crippen LogP contribution in [0.5, 0.6) is 0 Å². The maximum atomic E-state index is 14.1. The monoisotopic (exact) mass is 335 g/mol. The zero-order valence-electron chi connectivity index (χ0n) is 13.4. The van der Waals surface area contributed by atoms with Crippen molar-refractivity contribution in [3.63, 3.8) is 0 Å². The first kappa shape index (κ1) is 17.6. The Morgan fingerprint density at radius 3 is 2.38 bits per heavy atom. The summed E-state index contributed by atoms with van der Waals surface area (Å²) in [5.74, 6) is -3.11. The van der Waals surface area contributed by atoms with Crippen LogP contribution in [0.15, 0.2) is 45.8 Å². The van der Waals surface area contributed by atoms with Crippen molar-refractivity contribution in [2.45, 2.75) is 20.8 Å². The molecule has 0 unspecified atom stereocenters. The molecule has 0 saturated carbocycles. The molecule has 0 spiro atoms. The fraction of sp³-hybridized carbons (Fsp3) is 0.167. The van der Waals surface area contributed by atoms with Crippen LogP contribution in [0.4, 0.5) is 24.5 Å². The van der Waals surface area contributed by atoms with E-state index in [4.69, 9.17) is 4.42 Å². The SMILES string of the molecule is CC.Cc1ccc(Nc2c(F)c(F)cc3occc(=O)c23)c(F)c1. The van der Waals surface area contributed by atoms with Gasteiger partial charge < -0.3 is 9.73 Å². The average molecular weight is 335 g/mol. The molecule has 0 aliphatic heterocycles. The van der Waals surface area contributed by atoms with Crippen molar-refractivity contribution < 1.29 is 17.6 Å². The second-order valence-electron chi connectivity index (χ2n) is 4.81. The second-order valence-corrected chi connectivity index (χ2v) is 4.81. The van der Waals surface area contributed by atoms with E-state index in [0.717, 1.165) is 18.4 Å². The number of nitrogens with one attached hydrogen (secondary N) is 1. The molecule has 0 saturated heterocycles. The molecule has 0 atom stereocenters. The summed E-state index contributed by atoms with van der Waals surface area (Å²) >= 11 is 0. The smallest absolute Gasteiger partial charge is 0.194 e. The Balaban J connectivity index is 0.00000100. The van der Waals surface area contributed by atoms with E-state index in [9.17, 15) is 18.0 Å². The summed E-state index contributed by atoms with van der Waals surface area (Å²) in [4.78, 5) is 11.9. The van der Waals surface area contributed by atoms with E-state index in [0.29, 0.717) is 5.56 Å². The number of halogens is 3. The minimum atomic E-state index is -1.27. The van der Waals surface area contributed by atoms with Crippen molar-refractivity contribution in [3.8, 4) is 0 Å². The third-order valence-electron chi connectivity index (χ3n) is 3.23. The van der Waals surface area contributed by atoms with E-state index >= 15 is 0 Å². The number of rotatable bonds is 2. The molecule has 1 heterocycles. The molecule has 1 N–H and O–H groups in total. The Bertz CT molecular complexity index is 935. The summed E-state index contributed by atoms with van der Waals surface area (Å²) < 4.78 is 46.6. The van der Waals surface area contributed by atoms with Crippen molar-refractivity contribution in [2.24, 2.45) is 0 Å². The van der Waals surface area contributed by atoms with Gasteiger partial charge in [-0.25, -0.2) is 13.2 Å². The zero-order chi connectivity index (χ0) is 17.9. The van der Waals surface area contributed by atoms with E-state index in [-0.39, 0.29) is 16.7 Å². The predicted molar refractivity (Wildman–Crippen MR) is 88.2 cm³/mol. The number of aryl methyl sites for hydroxylation is 1. The molecule has 1 aromatic heterocycles. The van der Waals surface area contributed by atoms with Gasteiger partial charge in [-0.1, -0.05) is 19.9 Å². The highest BCUT2D eigenvalue weighted by Gasteiger charge is 2.18. The van der Waals surface area contributed by atoms with Gasteiger partial charge in [0.1, 0.15) is 11.4 Å². The summed E-state index contributed by atoms with van der Waals surface area (Å²) in [6, 6.07) is 6.09. The summed E-state index contributed by atoms with van der Waals surface area (Å²) in [6.45, 7) is 5.69. The van der Waals surface area contributed by atoms with E-state index < -0.39 is 28.6 Å². The minimum absolute atomic E-state index is 0.0698. The van der Waals surface area contributed by atoms with E-state index in [1.807, 2.05) is 13.8 Å². The Labute approximate surface area is 136 Å². The first-order valence-electron chi connectivity index (χ1n) is 7.40. The fourth-order valence-electron chi connectivity index (χ4n) is 2.17. The normalized spacial score (nSPS) is 10.2. The van der Waals surface area contributed by atoms with Crippen LogP contribution in [0.25, 0.3) is 11.0 Å². The van der Waals surface area contributed by atoms with Gasteiger partial charge in [-0.3, -0.25) is 4.79 Å². The molecule has 24 heavy (non-hydrogen) atoms. The van der Waals surface area contributed by atoms with Gasteiger partial charge in [0, 0.05) is 12.1 Å². The molecule has 0 aliphatic carbocycles. The number of anilines is 2. The molecule has 6 heteroatoms. The number of fused-ring (bicyclic) bond motifs is 1. The van der Waals surface area contributed by atoms with Crippen LogP contribution < -0.4 is 10.7 Å². The quantitative estimate of drug-likeness (QED) is 0.692. The lowest BCUT2D eigenvalue weighted by Crippen LogP contribution is -2.07. The van der Waals surface area contributed by atoms with Crippen LogP contribution >= 0.6 is 0 Å². The lowest BCUT2D eigenvalue weighted by molar-refractivity contribution is 0.508. The van der Waals surface area contributed by atoms with Crippen molar-refractivity contribution in [1.82, 2.24) is 0 Å². The van der Waals surface area contributed by atoms with Crippen LogP contribution in [0.3, 0.4) is 0 Å². The van der Waals surface area contributed by atoms with Gasteiger partial charge >= 0.3 is 0 Å². The lowest BCUT2D eigenvalue weighted by atomic mass is 10.1. The van der Waals surface area contributed by atoms with Gasteiger partial charge in [0.15, 0.2) is 17.1 Å². The van der Waals surface area contributed by atoms with Gasteiger partial charge in [-0.05, 0) is 24.6 Å². The molecular weight excluding hydrogens is 319 g/mol. The van der Waals surface area contributed by atoms with E-state index in [1.54, 1.807) is 13.0 Å². The Morgan fingerprint density at radius 1 is 1.00 bits per heavy atom. The summed E-state index contributed by atoms with van der Waals surface area (Å²) in [5.41, 5.74) is -0.532. The van der Waals surface area contributed by atoms with Gasteiger partial charge in [0.25, 0.3) is 0 Å². The molecular formula is C18H16F3NO2. The highest BCUT2D eigenvalue weighted by Crippen LogP contribution is 2.30. The van der Waals surface area contributed by atoms with Crippen molar-refractivity contribution >= 4 is 22.3 Å². The third-order valence-corrected chi connectivity index (χ3v) is 3.23. The lowest BCUT2D eigenvalue weighted by Gasteiger charge is -2.11. The summed E-state index contributed by atoms with van der Waals surface area (Å²) in [6.07, 6.45) is 1.08. The summed E-state index contributed by atoms with van der Waals surface area (Å²) in [7, 11) is 0. The van der Waals surface area contributed by atoms with E-state index in [1.165, 1.54) is 12.1 Å². The van der Waals surface area contributed by atoms with Crippen LogP contribution in [-0.4, -0.2) is 0 Å². The molecule has 126 valence electrons. The third kappa shape index (κ3) is 3.27. The molecule has 3 rings (SSSR count). The van der Waals surface area contributed by atoms with Crippen molar-refractivity contribution in [2.75, 3.05) is 5.32 Å². The molecule has 3 nitrogen and oxygen atoms in total. The van der Waals surface area contributed by atoms with Gasteiger partial charge in [0.2, 0.25) is 0 Å². The Hall–Kier alpha value is -2.76. The van der Waals surface area contributed by atoms with Gasteiger partial charge in [-0.15, -0.1) is 0 Å². The Morgan fingerprint density at radius 2 is 1.71 bits per heavy atom. The van der Waals surface area contributed by atoms with Crippen LogP contribution in [0.2, 0.25) is 0 Å². The molecule has 0 bridgehead atoms. The van der Waals surface area contributed by atoms with E-state index in [2.05, 4.69) is 5.32 Å². The predicted octanol–water partition coefficient (Wildman–Crippen LogP) is 5.29. The van der Waals surface area contributed by atoms with Gasteiger partial charge in [0.05, 0.1) is 23.0 Å². The first-order chi connectivity index (χ1) is 11.5. The largest absolute Gasteiger partial charge is 0.464 e. The topological polar surface area (TPSA) is 42.2 Å². The number of hydrogen-bond donors (Lipinski definition) is 1. The highest BCUT2D eigenvalue weighted by atomic mass is 19.2. The standard InChI is InChI=1S/C16H10F3NO2.C2H6/c1-8-2-3-11(9(17)6-8)20-16-14-12(21)4-5-22-13(14)7-10(18)15(16)19;1-2/h2-7,20H,1H3;1-2H3. The maximum absolute atomic E-state index is 14.1. The average Bonchev–Trinajstić information content (AvgIpc) is 2.56. The Kier molecular flexibility index (Phi) is 5.28. The summed E-state index contributed by atoms with van der Waals surface area (Å²) in [5, 5.41) is 2.26. The van der Waals surface area contributed by atoms with Crippen molar-refractivity contribution in [1.29, 1.82) is 0 Å². The van der Waals surface area contributed by atoms with Crippen molar-refractivity contribution in [3.05, 3.63) is 69.8 Å². The molecule has 0 radical (unpaired) electrons. The van der Waals surface area contributed by atoms with Crippen LogP contribution in [0.1, 0.15) is 19.4 Å². The fourth-order valence-corrected chi connectivity index (χ4v) is 2.17. The molecule has 0 amide bonds. The zero-order valence-corrected chi connectivity index (χ0v) is 13.4.